The van der Waals surface area contributed by atoms with Crippen LogP contribution in [0.1, 0.15) is 134 Å². The van der Waals surface area contributed by atoms with Gasteiger partial charge in [0.1, 0.15) is 20.0 Å². The number of carbonyl (C=O) groups is 3. The van der Waals surface area contributed by atoms with Gasteiger partial charge in [-0.2, -0.15) is 8.42 Å². The summed E-state index contributed by atoms with van der Waals surface area (Å²) in [7, 11) is -4.32. The number of benzene rings is 7. The Kier molecular flexibility index (Phi) is 33.0. The topological polar surface area (TPSA) is 361 Å². The Bertz CT molecular complexity index is 4550. The van der Waals surface area contributed by atoms with Crippen molar-refractivity contribution in [1.29, 1.82) is 0 Å². The molecule has 7 aromatic carbocycles. The van der Waals surface area contributed by atoms with E-state index < -0.39 is 25.1 Å². The quantitative estimate of drug-likeness (QED) is 0.0138. The highest BCUT2D eigenvalue weighted by Crippen LogP contribution is 2.29. The van der Waals surface area contributed by atoms with Gasteiger partial charge in [-0.25, -0.2) is 19.9 Å². The largest absolute Gasteiger partial charge is 0.357 e. The third-order valence-electron chi connectivity index (χ3n) is 16.0. The molecule has 0 aliphatic heterocycles. The molecule has 0 radical (unpaired) electrons. The van der Waals surface area contributed by atoms with E-state index in [1.54, 1.807) is 72.0 Å². The first-order chi connectivity index (χ1) is 50.5. The Morgan fingerprint density at radius 1 is 0.406 bits per heavy atom. The molecule has 4 atom stereocenters. The second-order valence-electron chi connectivity index (χ2n) is 23.9. The first kappa shape index (κ1) is 83.1. The minimum Gasteiger partial charge on any atom is -0.346 e. The number of rotatable bonds is 30. The van der Waals surface area contributed by atoms with Gasteiger partial charge in [0.15, 0.2) is 0 Å². The van der Waals surface area contributed by atoms with Crippen LogP contribution < -0.4 is 26.4 Å². The van der Waals surface area contributed by atoms with E-state index >= 15 is 0 Å². The predicted octanol–water partition coefficient (Wildman–Crippen LogP) is 15.5. The minimum atomic E-state index is -4.32. The van der Waals surface area contributed by atoms with Crippen LogP contribution >= 0.6 is 62.3 Å². The summed E-state index contributed by atoms with van der Waals surface area (Å²) < 4.78 is 32.8. The van der Waals surface area contributed by atoms with Crippen LogP contribution in [-0.2, 0) is 95.3 Å². The van der Waals surface area contributed by atoms with Crippen LogP contribution in [0, 0.1) is 30.3 Å². The van der Waals surface area contributed by atoms with E-state index in [1.807, 2.05) is 138 Å². The Balaban J connectivity index is 0.000000199. The molecular formula is C76H81BrN12O12S5. The summed E-state index contributed by atoms with van der Waals surface area (Å²) in [5.74, 6) is -0.248. The zero-order valence-corrected chi connectivity index (χ0v) is 64.2. The van der Waals surface area contributed by atoms with Crippen LogP contribution in [0.5, 0.6) is 0 Å². The number of nitrogens with two attached hydrogens (primary N) is 1. The van der Waals surface area contributed by atoms with E-state index in [4.69, 9.17) is 10.3 Å². The van der Waals surface area contributed by atoms with Crippen LogP contribution in [-0.4, -0.2) is 65.4 Å². The fourth-order valence-electron chi connectivity index (χ4n) is 10.4. The van der Waals surface area contributed by atoms with Crippen LogP contribution in [0.25, 0.3) is 0 Å². The molecule has 11 rings (SSSR count). The maximum Gasteiger partial charge on any atom is 0.357 e. The molecule has 4 heterocycles. The first-order valence-electron chi connectivity index (χ1n) is 33.6. The number of nitrogens with zero attached hydrogens (tertiary/aromatic N) is 7. The SMILES string of the molecule is Br.CCc1csc([C@@H](N)Cc2ccc([N+](=O)[O-])cc2)n1.CCc1csc([C@H](Cc2ccc(NS(=O)(=O)O)cc2)NC(=O)Cc2ccccc2)n1.CCc1csc([C@H](Cc2ccc([N+](=O)[O-])cc2)NC(=O)Cc2ccccc2)n1.CCc1csc([C@H](Cc2ccc([N+](=O)[O-])cc2)NC(=O)Cc2ccccc2)n1. The maximum absolute atomic E-state index is 12.6. The molecule has 0 fully saturated rings. The third kappa shape index (κ3) is 27.7. The van der Waals surface area contributed by atoms with Crippen LogP contribution in [0.4, 0.5) is 22.7 Å². The normalized spacial score (nSPS) is 11.9. The van der Waals surface area contributed by atoms with Gasteiger partial charge in [0.05, 0.1) is 86.7 Å². The number of anilines is 1. The minimum absolute atomic E-state index is 0. The van der Waals surface area contributed by atoms with Gasteiger partial charge in [-0.1, -0.05) is 167 Å². The van der Waals surface area contributed by atoms with Gasteiger partial charge in [0, 0.05) is 57.9 Å². The number of aromatic nitrogens is 4. The lowest BCUT2D eigenvalue weighted by atomic mass is 10.0. The number of non-ortho nitro benzene ring substituents is 3. The lowest BCUT2D eigenvalue weighted by Gasteiger charge is -2.17. The summed E-state index contributed by atoms with van der Waals surface area (Å²) in [4.78, 5) is 87.2. The number of thiazole rings is 4. The van der Waals surface area contributed by atoms with Gasteiger partial charge in [-0.05, 0) is 102 Å². The molecule has 0 aliphatic rings. The third-order valence-corrected chi connectivity index (χ3v) is 20.5. The van der Waals surface area contributed by atoms with Crippen LogP contribution in [0.2, 0.25) is 0 Å². The van der Waals surface area contributed by atoms with Crippen molar-refractivity contribution in [2.75, 3.05) is 4.72 Å². The number of hydrogen-bond acceptors (Lipinski definition) is 20. The van der Waals surface area contributed by atoms with E-state index in [0.29, 0.717) is 38.5 Å². The number of carbonyl (C=O) groups excluding carboxylic acids is 3. The van der Waals surface area contributed by atoms with E-state index in [-0.39, 0.29) is 88.0 Å². The number of halogens is 1. The summed E-state index contributed by atoms with van der Waals surface area (Å²) >= 11 is 6.12. The Morgan fingerprint density at radius 3 is 0.915 bits per heavy atom. The highest BCUT2D eigenvalue weighted by Gasteiger charge is 2.24. The van der Waals surface area contributed by atoms with Crippen molar-refractivity contribution in [2.45, 2.75) is 122 Å². The molecule has 0 spiro atoms. The van der Waals surface area contributed by atoms with Crippen molar-refractivity contribution in [3.63, 3.8) is 0 Å². The average Bonchev–Trinajstić information content (AvgIpc) is 1.63. The summed E-state index contributed by atoms with van der Waals surface area (Å²) in [6.07, 6.45) is 6.44. The van der Waals surface area contributed by atoms with Crippen LogP contribution in [0.15, 0.2) is 210 Å². The molecule has 24 nitrogen and oxygen atoms in total. The second-order valence-corrected chi connectivity index (χ2v) is 28.7. The highest BCUT2D eigenvalue weighted by atomic mass is 79.9. The summed E-state index contributed by atoms with van der Waals surface area (Å²) in [6.45, 7) is 8.17. The number of aryl methyl sites for hydroxylation is 4. The standard InChI is InChI=1S/C21H23N3O4S2.2C21H21N3O3S.C13H15N3O2S.BrH/c1-2-17-14-29-21(22-17)19(23-20(25)13-15-6-4-3-5-7-15)12-16-8-10-18(11-9-16)24-30(26,27)28;2*1-2-17-14-28-21(22-17)19(12-16-8-10-18(11-9-16)24(26)27)23-20(25)13-15-6-4-3-5-7-15;1-2-10-8-19-13(15-10)12(14)7-9-3-5-11(6-4-9)16(17)18;/h3-11,14,19,24H,2,12-13H2,1H3,(H,23,25)(H,26,27,28);2*3-11,14,19H,2,12-13H2,1H3,(H,23,25);3-6,8,12H,2,7,14H2,1H3;1H/t3*19-;12-;/m0000./s1. The van der Waals surface area contributed by atoms with Gasteiger partial charge in [-0.3, -0.25) is 54.0 Å². The molecule has 0 saturated carbocycles. The summed E-state index contributed by atoms with van der Waals surface area (Å²) in [6, 6.07) is 53.6. The zero-order chi connectivity index (χ0) is 75.3. The van der Waals surface area contributed by atoms with E-state index in [9.17, 15) is 53.1 Å². The maximum atomic E-state index is 12.6. The number of hydrogen-bond donors (Lipinski definition) is 6. The molecule has 0 aliphatic carbocycles. The lowest BCUT2D eigenvalue weighted by molar-refractivity contribution is -0.385. The fourth-order valence-corrected chi connectivity index (χ4v) is 14.6. The van der Waals surface area contributed by atoms with Crippen molar-refractivity contribution in [2.24, 2.45) is 5.73 Å². The highest BCUT2D eigenvalue weighted by molar-refractivity contribution is 8.93. The first-order valence-corrected chi connectivity index (χ1v) is 38.5. The van der Waals surface area contributed by atoms with Crippen molar-refractivity contribution in [3.05, 3.63) is 322 Å². The number of nitro benzene ring substituents is 3. The van der Waals surface area contributed by atoms with E-state index in [0.717, 1.165) is 107 Å². The number of nitrogens with one attached hydrogen (secondary N) is 4. The summed E-state index contributed by atoms with van der Waals surface area (Å²) in [5, 5.41) is 52.9. The van der Waals surface area contributed by atoms with Crippen molar-refractivity contribution < 1.29 is 42.1 Å². The lowest BCUT2D eigenvalue weighted by Crippen LogP contribution is -2.31. The Labute approximate surface area is 641 Å². The molecule has 0 saturated heterocycles. The zero-order valence-electron chi connectivity index (χ0n) is 58.4. The van der Waals surface area contributed by atoms with Gasteiger partial charge >= 0.3 is 10.3 Å². The predicted molar refractivity (Wildman–Crippen MR) is 422 cm³/mol. The monoisotopic (exact) mass is 1590 g/mol. The number of amides is 3. The second kappa shape index (κ2) is 42.1. The van der Waals surface area contributed by atoms with Crippen molar-refractivity contribution in [3.8, 4) is 0 Å². The molecular weight excluding hydrogens is 1510 g/mol. The molecule has 0 unspecified atom stereocenters. The van der Waals surface area contributed by atoms with E-state index in [2.05, 4.69) is 42.8 Å². The van der Waals surface area contributed by atoms with Gasteiger partial charge in [0.2, 0.25) is 17.7 Å². The van der Waals surface area contributed by atoms with Crippen LogP contribution in [0.3, 0.4) is 0 Å². The molecule has 4 aromatic heterocycles. The van der Waals surface area contributed by atoms with Crippen molar-refractivity contribution >= 4 is 113 Å². The Hall–Kier alpha value is -10.2. The van der Waals surface area contributed by atoms with Gasteiger partial charge in [0.25, 0.3) is 17.1 Å². The van der Waals surface area contributed by atoms with Crippen molar-refractivity contribution in [1.82, 2.24) is 35.9 Å². The molecule has 11 aromatic rings. The van der Waals surface area contributed by atoms with E-state index in [1.165, 1.54) is 70.4 Å². The molecule has 106 heavy (non-hydrogen) atoms. The molecule has 3 amide bonds. The molecule has 7 N–H and O–H groups in total. The molecule has 0 bridgehead atoms. The van der Waals surface area contributed by atoms with Gasteiger partial charge in [-0.15, -0.1) is 62.3 Å². The van der Waals surface area contributed by atoms with Gasteiger partial charge < -0.3 is 21.7 Å². The smallest absolute Gasteiger partial charge is 0.346 e. The molecule has 30 heteroatoms. The molecule has 554 valence electrons. The summed E-state index contributed by atoms with van der Waals surface area (Å²) in [5.41, 5.74) is 17.1. The fraction of sp³-hybridized carbons (Fsp3) is 0.250. The Morgan fingerprint density at radius 2 is 0.660 bits per heavy atom. The number of nitro groups is 3. The average molecular weight is 1590 g/mol.